The lowest BCUT2D eigenvalue weighted by atomic mass is 9.81. The lowest BCUT2D eigenvalue weighted by Gasteiger charge is -2.28. The average Bonchev–Trinajstić information content (AvgIpc) is 3.98. The molecule has 0 aliphatic heterocycles. The molecule has 0 spiro atoms. The third-order valence-corrected chi connectivity index (χ3v) is 15.0. The van der Waals surface area contributed by atoms with E-state index in [1.54, 1.807) is 0 Å². The highest BCUT2D eigenvalue weighted by molar-refractivity contribution is 7.26. The Morgan fingerprint density at radius 3 is 1.86 bits per heavy atom. The maximum Gasteiger partial charge on any atom is 0.0555 e. The largest absolute Gasteiger partial charge is 0.309 e. The predicted molar refractivity (Wildman–Crippen MR) is 274 cm³/mol. The third-order valence-electron chi connectivity index (χ3n) is 13.8. The van der Waals surface area contributed by atoms with E-state index in [0.717, 1.165) is 22.7 Å². The molecule has 0 fully saturated rings. The number of hydrogen-bond donors (Lipinski definition) is 0. The summed E-state index contributed by atoms with van der Waals surface area (Å²) in [6.07, 6.45) is 0. The van der Waals surface area contributed by atoms with Gasteiger partial charge in [0.25, 0.3) is 0 Å². The molecule has 0 amide bonds. The van der Waals surface area contributed by atoms with E-state index in [1.165, 1.54) is 97.3 Å². The Morgan fingerprint density at radius 1 is 0.422 bits per heavy atom. The van der Waals surface area contributed by atoms with Gasteiger partial charge in [-0.2, -0.15) is 0 Å². The summed E-state index contributed by atoms with van der Waals surface area (Å²) in [7, 11) is 0. The van der Waals surface area contributed by atoms with Crippen LogP contribution in [-0.4, -0.2) is 4.57 Å². The van der Waals surface area contributed by atoms with Crippen LogP contribution >= 0.6 is 11.3 Å². The van der Waals surface area contributed by atoms with Gasteiger partial charge in [-0.25, -0.2) is 0 Å². The number of benzene rings is 10. The van der Waals surface area contributed by atoms with Gasteiger partial charge in [-0.15, -0.1) is 11.3 Å². The molecule has 1 aliphatic rings. The highest BCUT2D eigenvalue weighted by atomic mass is 32.1. The van der Waals surface area contributed by atoms with Crippen LogP contribution in [0.1, 0.15) is 25.0 Å². The normalized spacial score (nSPS) is 13.0. The summed E-state index contributed by atoms with van der Waals surface area (Å²) in [6.45, 7) is 4.71. The van der Waals surface area contributed by atoms with E-state index in [-0.39, 0.29) is 5.41 Å². The fourth-order valence-corrected chi connectivity index (χ4v) is 12.0. The number of anilines is 3. The van der Waals surface area contributed by atoms with E-state index in [1.807, 2.05) is 11.3 Å². The summed E-state index contributed by atoms with van der Waals surface area (Å²) in [5.41, 5.74) is 17.3. The average molecular weight is 835 g/mol. The van der Waals surface area contributed by atoms with Crippen LogP contribution in [0.2, 0.25) is 0 Å². The van der Waals surface area contributed by atoms with Crippen molar-refractivity contribution in [2.45, 2.75) is 19.3 Å². The molecule has 10 aromatic carbocycles. The van der Waals surface area contributed by atoms with Gasteiger partial charge in [-0.3, -0.25) is 0 Å². The third kappa shape index (κ3) is 5.51. The van der Waals surface area contributed by atoms with Crippen molar-refractivity contribution >= 4 is 81.1 Å². The van der Waals surface area contributed by atoms with Gasteiger partial charge in [0.2, 0.25) is 0 Å². The van der Waals surface area contributed by atoms with Gasteiger partial charge in [0.1, 0.15) is 0 Å². The standard InChI is InChI=1S/C61H42N2S/c1-61(2)52-24-9-5-20-47(52)48-34-31-41(38-53(48)61)39-29-32-43(33-30-39)62(54-27-14-16-40-15-3-4-19-45(40)54)57-36-35-46(60-59(57)51-23-8-12-28-58(51)64-60)42-17-13-18-44(37-42)63-55-25-10-6-21-49(55)50-22-7-11-26-56(50)63/h3-38H,1-2H3. The zero-order chi connectivity index (χ0) is 42.5. The molecular formula is C61H42N2S. The molecule has 2 nitrogen and oxygen atoms in total. The first-order valence-electron chi connectivity index (χ1n) is 22.2. The van der Waals surface area contributed by atoms with E-state index in [4.69, 9.17) is 0 Å². The minimum Gasteiger partial charge on any atom is -0.309 e. The SMILES string of the molecule is CC1(C)c2ccccc2-c2ccc(-c3ccc(N(c4cccc5ccccc45)c4ccc(-c5cccc(-n6c7ccccc7c7ccccc76)c5)c5sc6ccccc6c45)cc3)cc21. The molecule has 0 saturated carbocycles. The van der Waals surface area contributed by atoms with Crippen molar-refractivity contribution in [2.24, 2.45) is 0 Å². The van der Waals surface area contributed by atoms with Gasteiger partial charge in [-0.1, -0.05) is 172 Å². The lowest BCUT2D eigenvalue weighted by molar-refractivity contribution is 0.660. The minimum absolute atomic E-state index is 0.0553. The summed E-state index contributed by atoms with van der Waals surface area (Å²) in [5, 5.41) is 7.49. The smallest absolute Gasteiger partial charge is 0.0555 e. The molecule has 0 bridgehead atoms. The van der Waals surface area contributed by atoms with Crippen LogP contribution < -0.4 is 4.90 Å². The van der Waals surface area contributed by atoms with Crippen molar-refractivity contribution in [1.82, 2.24) is 4.57 Å². The molecule has 3 heteroatoms. The fraction of sp³-hybridized carbons (Fsp3) is 0.0492. The molecule has 0 unspecified atom stereocenters. The van der Waals surface area contributed by atoms with E-state index in [2.05, 4.69) is 242 Å². The van der Waals surface area contributed by atoms with Crippen LogP contribution in [0.15, 0.2) is 218 Å². The van der Waals surface area contributed by atoms with Gasteiger partial charge < -0.3 is 9.47 Å². The van der Waals surface area contributed by atoms with Gasteiger partial charge in [0.15, 0.2) is 0 Å². The van der Waals surface area contributed by atoms with Gasteiger partial charge in [0, 0.05) is 53.1 Å². The molecule has 2 aromatic heterocycles. The number of aromatic nitrogens is 1. The monoisotopic (exact) mass is 834 g/mol. The number of hydrogen-bond acceptors (Lipinski definition) is 2. The van der Waals surface area contributed by atoms with Crippen LogP contribution in [0.5, 0.6) is 0 Å². The van der Waals surface area contributed by atoms with Crippen LogP contribution in [0.3, 0.4) is 0 Å². The Labute approximate surface area is 376 Å². The van der Waals surface area contributed by atoms with Crippen molar-refractivity contribution < 1.29 is 0 Å². The summed E-state index contributed by atoms with van der Waals surface area (Å²) in [6, 6.07) is 80.9. The second-order valence-corrected chi connectivity index (χ2v) is 18.7. The second-order valence-electron chi connectivity index (χ2n) is 17.7. The Hall–Kier alpha value is -7.72. The first kappa shape index (κ1) is 36.9. The summed E-state index contributed by atoms with van der Waals surface area (Å²) < 4.78 is 4.97. The van der Waals surface area contributed by atoms with Crippen molar-refractivity contribution in [1.29, 1.82) is 0 Å². The fourth-order valence-electron chi connectivity index (χ4n) is 10.7. The van der Waals surface area contributed by atoms with Crippen LogP contribution in [0, 0.1) is 0 Å². The van der Waals surface area contributed by atoms with Crippen molar-refractivity contribution in [3.63, 3.8) is 0 Å². The first-order chi connectivity index (χ1) is 31.5. The van der Waals surface area contributed by atoms with Gasteiger partial charge >= 0.3 is 0 Å². The van der Waals surface area contributed by atoms with Crippen molar-refractivity contribution in [3.8, 4) is 39.1 Å². The highest BCUT2D eigenvalue weighted by Gasteiger charge is 2.35. The van der Waals surface area contributed by atoms with Gasteiger partial charge in [-0.05, 0) is 111 Å². The Kier molecular flexibility index (Phi) is 8.16. The number of fused-ring (bicyclic) bond motifs is 10. The van der Waals surface area contributed by atoms with Gasteiger partial charge in [0.05, 0.1) is 22.4 Å². The maximum absolute atomic E-state index is 2.49. The predicted octanol–water partition coefficient (Wildman–Crippen LogP) is 17.4. The van der Waals surface area contributed by atoms with E-state index < -0.39 is 0 Å². The Morgan fingerprint density at radius 2 is 1.05 bits per heavy atom. The molecule has 13 rings (SSSR count). The molecule has 1 aliphatic carbocycles. The minimum atomic E-state index is -0.0553. The van der Waals surface area contributed by atoms with Crippen LogP contribution in [-0.2, 0) is 5.41 Å². The van der Waals surface area contributed by atoms with Crippen LogP contribution in [0.25, 0.3) is 91.8 Å². The number of para-hydroxylation sites is 2. The molecule has 0 atom stereocenters. The lowest BCUT2D eigenvalue weighted by Crippen LogP contribution is -2.14. The molecule has 12 aromatic rings. The Balaban J connectivity index is 0.988. The van der Waals surface area contributed by atoms with Crippen LogP contribution in [0.4, 0.5) is 17.1 Å². The first-order valence-corrected chi connectivity index (χ1v) is 23.0. The molecule has 0 radical (unpaired) electrons. The van der Waals surface area contributed by atoms with Crippen molar-refractivity contribution in [3.05, 3.63) is 230 Å². The van der Waals surface area contributed by atoms with Crippen molar-refractivity contribution in [2.75, 3.05) is 4.90 Å². The zero-order valence-electron chi connectivity index (χ0n) is 35.6. The molecule has 0 saturated heterocycles. The molecule has 302 valence electrons. The molecule has 2 heterocycles. The second kappa shape index (κ2) is 14.2. The molecule has 0 N–H and O–H groups in total. The maximum atomic E-state index is 2.49. The quantitative estimate of drug-likeness (QED) is 0.162. The number of thiophene rings is 1. The Bertz CT molecular complexity index is 3770. The van der Waals surface area contributed by atoms with E-state index in [9.17, 15) is 0 Å². The summed E-state index contributed by atoms with van der Waals surface area (Å²) in [4.78, 5) is 2.49. The van der Waals surface area contributed by atoms with E-state index in [0.29, 0.717) is 0 Å². The highest BCUT2D eigenvalue weighted by Crippen LogP contribution is 2.52. The summed E-state index contributed by atoms with van der Waals surface area (Å²) in [5.74, 6) is 0. The number of nitrogens with zero attached hydrogens (tertiary/aromatic N) is 2. The zero-order valence-corrected chi connectivity index (χ0v) is 36.4. The topological polar surface area (TPSA) is 8.17 Å². The molecule has 64 heavy (non-hydrogen) atoms. The molecular weight excluding hydrogens is 793 g/mol. The summed E-state index contributed by atoms with van der Waals surface area (Å²) >= 11 is 1.89. The number of rotatable bonds is 6. The van der Waals surface area contributed by atoms with E-state index >= 15 is 0 Å².